The highest BCUT2D eigenvalue weighted by Gasteiger charge is 2.56. The number of methoxy groups -OCH3 is 2. The summed E-state index contributed by atoms with van der Waals surface area (Å²) in [4.78, 5) is 0. The van der Waals surface area contributed by atoms with Crippen LogP contribution in [-0.4, -0.2) is 25.9 Å². The Hall–Kier alpha value is -1.48. The molecular weight excluding hydrogens is 408 g/mol. The third-order valence-corrected chi connectivity index (χ3v) is 9.24. The van der Waals surface area contributed by atoms with Crippen molar-refractivity contribution in [2.24, 2.45) is 23.2 Å². The van der Waals surface area contributed by atoms with Crippen LogP contribution in [0, 0.1) is 23.2 Å². The van der Waals surface area contributed by atoms with Gasteiger partial charge in [0.2, 0.25) is 0 Å². The van der Waals surface area contributed by atoms with Crippen LogP contribution in [0.5, 0.6) is 11.5 Å². The number of fused-ring (bicyclic) bond motifs is 1. The topological polar surface area (TPSA) is 38.7 Å². The molecule has 0 saturated heterocycles. The van der Waals surface area contributed by atoms with Crippen molar-refractivity contribution in [2.45, 2.75) is 97.8 Å². The summed E-state index contributed by atoms with van der Waals surface area (Å²) in [5.74, 6) is 3.75. The molecule has 33 heavy (non-hydrogen) atoms. The van der Waals surface area contributed by atoms with Gasteiger partial charge in [-0.2, -0.15) is 0 Å². The fourth-order valence-electron chi connectivity index (χ4n) is 6.84. The van der Waals surface area contributed by atoms with Gasteiger partial charge in [-0.3, -0.25) is 0 Å². The minimum absolute atomic E-state index is 0.0440. The first-order valence-corrected chi connectivity index (χ1v) is 13.2. The van der Waals surface area contributed by atoms with E-state index in [9.17, 15) is 5.11 Å². The average Bonchev–Trinajstić information content (AvgIpc) is 2.81. The molecule has 1 N–H and O–H groups in total. The van der Waals surface area contributed by atoms with E-state index in [1.807, 2.05) is 0 Å². The maximum Gasteiger partial charge on any atom is 0.126 e. The Morgan fingerprint density at radius 2 is 1.67 bits per heavy atom. The van der Waals surface area contributed by atoms with Gasteiger partial charge in [0.05, 0.1) is 20.8 Å². The number of hydrogen-bond acceptors (Lipinski definition) is 3. The van der Waals surface area contributed by atoms with E-state index in [1.165, 1.54) is 49.7 Å². The fraction of sp³-hybridized carbons (Fsp3) is 0.733. The van der Waals surface area contributed by atoms with E-state index in [2.05, 4.69) is 59.8 Å². The lowest BCUT2D eigenvalue weighted by molar-refractivity contribution is -0.0260. The molecule has 1 saturated carbocycles. The number of hydrogen-bond donors (Lipinski definition) is 1. The molecule has 1 aromatic rings. The van der Waals surface area contributed by atoms with Gasteiger partial charge < -0.3 is 14.6 Å². The Morgan fingerprint density at radius 1 is 1.03 bits per heavy atom. The van der Waals surface area contributed by atoms with E-state index in [1.54, 1.807) is 14.2 Å². The van der Waals surface area contributed by atoms with Crippen molar-refractivity contribution >= 4 is 0 Å². The summed E-state index contributed by atoms with van der Waals surface area (Å²) in [6.45, 7) is 14.2. The quantitative estimate of drug-likeness (QED) is 0.259. The van der Waals surface area contributed by atoms with Gasteiger partial charge in [-0.25, -0.2) is 0 Å². The summed E-state index contributed by atoms with van der Waals surface area (Å²) in [5, 5.41) is 10.1. The zero-order valence-electron chi connectivity index (χ0n) is 22.5. The highest BCUT2D eigenvalue weighted by molar-refractivity contribution is 5.55. The molecule has 3 heteroatoms. The molecule has 4 rings (SSSR count). The van der Waals surface area contributed by atoms with Crippen molar-refractivity contribution in [3.05, 3.63) is 34.9 Å². The third kappa shape index (κ3) is 4.72. The first-order chi connectivity index (χ1) is 15.7. The molecule has 0 radical (unpaired) electrons. The number of aliphatic hydroxyl groups is 1. The lowest BCUT2D eigenvalue weighted by Gasteiger charge is -2.59. The smallest absolute Gasteiger partial charge is 0.126 e. The predicted molar refractivity (Wildman–Crippen MR) is 138 cm³/mol. The minimum Gasteiger partial charge on any atom is -0.496 e. The Balaban J connectivity index is 2.04. The normalized spacial score (nSPS) is 24.6. The van der Waals surface area contributed by atoms with Crippen molar-refractivity contribution in [1.29, 1.82) is 0 Å². The minimum atomic E-state index is 0.0440. The van der Waals surface area contributed by atoms with Crippen LogP contribution in [0.3, 0.4) is 0 Å². The van der Waals surface area contributed by atoms with Crippen molar-refractivity contribution in [3.63, 3.8) is 0 Å². The number of ether oxygens (including phenoxy) is 2. The Morgan fingerprint density at radius 3 is 2.15 bits per heavy atom. The SMILES string of the molecule is CCCCCC(CCC)C(C)(C)c1cc(OC)c(C2C=C(CO)[C@H]3CC2C3(C)C)c(OC)c1. The molecule has 1 aromatic carbocycles. The third-order valence-electron chi connectivity index (χ3n) is 9.24. The lowest BCUT2D eigenvalue weighted by Crippen LogP contribution is -2.51. The van der Waals surface area contributed by atoms with Crippen molar-refractivity contribution in [2.75, 3.05) is 20.8 Å². The van der Waals surface area contributed by atoms with Crippen LogP contribution < -0.4 is 9.47 Å². The molecule has 3 nitrogen and oxygen atoms in total. The maximum atomic E-state index is 10.1. The molecule has 0 spiro atoms. The monoisotopic (exact) mass is 456 g/mol. The summed E-state index contributed by atoms with van der Waals surface area (Å²) in [5.41, 5.74) is 3.88. The molecule has 0 amide bonds. The summed E-state index contributed by atoms with van der Waals surface area (Å²) in [7, 11) is 3.57. The molecule has 2 bridgehead atoms. The van der Waals surface area contributed by atoms with E-state index in [-0.39, 0.29) is 23.4 Å². The number of benzene rings is 1. The van der Waals surface area contributed by atoms with Crippen molar-refractivity contribution in [1.82, 2.24) is 0 Å². The lowest BCUT2D eigenvalue weighted by atomic mass is 9.45. The van der Waals surface area contributed by atoms with Crippen molar-refractivity contribution in [3.8, 4) is 11.5 Å². The molecule has 0 heterocycles. The molecule has 0 aromatic heterocycles. The molecule has 3 aliphatic rings. The second-order valence-corrected chi connectivity index (χ2v) is 11.6. The fourth-order valence-corrected chi connectivity index (χ4v) is 6.84. The second kappa shape index (κ2) is 10.4. The van der Waals surface area contributed by atoms with Crippen LogP contribution in [0.25, 0.3) is 0 Å². The van der Waals surface area contributed by atoms with Gasteiger partial charge in [-0.1, -0.05) is 73.3 Å². The number of rotatable bonds is 12. The average molecular weight is 457 g/mol. The molecule has 0 aliphatic heterocycles. The predicted octanol–water partition coefficient (Wildman–Crippen LogP) is 7.66. The van der Waals surface area contributed by atoms with E-state index >= 15 is 0 Å². The van der Waals surface area contributed by atoms with Crippen molar-refractivity contribution < 1.29 is 14.6 Å². The summed E-state index contributed by atoms with van der Waals surface area (Å²) in [6, 6.07) is 4.56. The number of allylic oxidation sites excluding steroid dienone is 1. The zero-order valence-corrected chi connectivity index (χ0v) is 22.5. The summed E-state index contributed by atoms with van der Waals surface area (Å²) < 4.78 is 12.1. The van der Waals surface area contributed by atoms with Crippen LogP contribution >= 0.6 is 0 Å². The van der Waals surface area contributed by atoms with Gasteiger partial charge >= 0.3 is 0 Å². The Labute approximate surface area is 203 Å². The van der Waals surface area contributed by atoms with E-state index in [0.29, 0.717) is 17.8 Å². The second-order valence-electron chi connectivity index (χ2n) is 11.6. The van der Waals surface area contributed by atoms with Crippen LogP contribution in [0.4, 0.5) is 0 Å². The number of unbranched alkanes of at least 4 members (excludes halogenated alkanes) is 2. The zero-order chi connectivity index (χ0) is 24.4. The van der Waals surface area contributed by atoms with E-state index in [4.69, 9.17) is 9.47 Å². The molecule has 3 unspecified atom stereocenters. The Kier molecular flexibility index (Phi) is 8.25. The summed E-state index contributed by atoms with van der Waals surface area (Å²) >= 11 is 0. The van der Waals surface area contributed by atoms with E-state index in [0.717, 1.165) is 23.5 Å². The molecule has 1 fully saturated rings. The highest BCUT2D eigenvalue weighted by Crippen LogP contribution is 2.65. The largest absolute Gasteiger partial charge is 0.496 e. The molecule has 4 atom stereocenters. The maximum absolute atomic E-state index is 10.1. The molecule has 186 valence electrons. The van der Waals surface area contributed by atoms with E-state index < -0.39 is 0 Å². The first-order valence-electron chi connectivity index (χ1n) is 13.2. The number of aliphatic hydroxyl groups excluding tert-OH is 1. The first kappa shape index (κ1) is 26.1. The molecule has 3 aliphatic carbocycles. The van der Waals surface area contributed by atoms with Gasteiger partial charge in [-0.05, 0) is 71.1 Å². The van der Waals surface area contributed by atoms with Gasteiger partial charge in [0, 0.05) is 11.5 Å². The van der Waals surface area contributed by atoms with Gasteiger partial charge in [0.15, 0.2) is 0 Å². The Bertz CT molecular complexity index is 810. The standard InChI is InChI=1S/C30H48O3/c1-9-11-12-14-21(13-10-2)29(3,4)22-16-26(32-7)28(27(17-22)33-8)23-15-20(19-31)24-18-25(23)30(24,5)6/h15-17,21,23-25,31H,9-14,18-19H2,1-8H3/t21?,23?,24-,25?/m1/s1. The van der Waals surface area contributed by atoms with Gasteiger partial charge in [0.25, 0.3) is 0 Å². The molecular formula is C30H48O3. The van der Waals surface area contributed by atoms with Crippen LogP contribution in [-0.2, 0) is 5.41 Å². The summed E-state index contributed by atoms with van der Waals surface area (Å²) in [6.07, 6.45) is 11.0. The van der Waals surface area contributed by atoms with Gasteiger partial charge in [-0.15, -0.1) is 0 Å². The van der Waals surface area contributed by atoms with Crippen LogP contribution in [0.1, 0.15) is 104 Å². The van der Waals surface area contributed by atoms with Crippen LogP contribution in [0.2, 0.25) is 0 Å². The van der Waals surface area contributed by atoms with Gasteiger partial charge in [0.1, 0.15) is 11.5 Å². The van der Waals surface area contributed by atoms with Crippen LogP contribution in [0.15, 0.2) is 23.8 Å². The highest BCUT2D eigenvalue weighted by atomic mass is 16.5.